The Hall–Kier alpha value is -2.89. The predicted octanol–water partition coefficient (Wildman–Crippen LogP) is 4.43. The number of benzene rings is 2. The highest BCUT2D eigenvalue weighted by Gasteiger charge is 2.08. The highest BCUT2D eigenvalue weighted by molar-refractivity contribution is 6.31. The lowest BCUT2D eigenvalue weighted by Crippen LogP contribution is -2.02. The summed E-state index contributed by atoms with van der Waals surface area (Å²) in [4.78, 5) is 20.3. The Morgan fingerprint density at radius 3 is 2.30 bits per heavy atom. The fourth-order valence-electron chi connectivity index (χ4n) is 2.37. The molecule has 0 saturated heterocycles. The van der Waals surface area contributed by atoms with Crippen molar-refractivity contribution in [3.63, 3.8) is 0 Å². The van der Waals surface area contributed by atoms with Crippen molar-refractivity contribution in [3.05, 3.63) is 82.9 Å². The molecule has 27 heavy (non-hydrogen) atoms. The number of carboxylic acids is 2. The Balaban J connectivity index is 0.000000293. The van der Waals surface area contributed by atoms with E-state index < -0.39 is 11.9 Å². The molecule has 4 N–H and O–H groups in total. The Labute approximate surface area is 163 Å². The molecule has 5 nitrogen and oxygen atoms in total. The normalized spacial score (nSPS) is 10.6. The van der Waals surface area contributed by atoms with E-state index in [1.54, 1.807) is 0 Å². The van der Waals surface area contributed by atoms with Crippen molar-refractivity contribution in [2.24, 2.45) is 5.73 Å². The molecule has 6 heteroatoms. The summed E-state index contributed by atoms with van der Waals surface area (Å²) in [5.41, 5.74) is 10.1. The van der Waals surface area contributed by atoms with Gasteiger partial charge in [0.2, 0.25) is 0 Å². The average molecular weight is 388 g/mol. The van der Waals surface area contributed by atoms with E-state index in [1.165, 1.54) is 11.6 Å². The molecule has 2 aromatic rings. The first-order valence-electron chi connectivity index (χ1n) is 8.13. The van der Waals surface area contributed by atoms with Crippen LogP contribution in [0.4, 0.5) is 0 Å². The molecule has 0 aliphatic carbocycles. The van der Waals surface area contributed by atoms with Crippen molar-refractivity contribution in [3.8, 4) is 11.1 Å². The Morgan fingerprint density at radius 2 is 1.74 bits per heavy atom. The number of hydrogen-bond donors (Lipinski definition) is 3. The van der Waals surface area contributed by atoms with Crippen LogP contribution in [-0.4, -0.2) is 22.2 Å². The third-order valence-corrected chi connectivity index (χ3v) is 4.14. The quantitative estimate of drug-likeness (QED) is 0.502. The minimum atomic E-state index is -1.26. The van der Waals surface area contributed by atoms with Crippen molar-refractivity contribution >= 4 is 23.5 Å². The van der Waals surface area contributed by atoms with E-state index >= 15 is 0 Å². The zero-order chi connectivity index (χ0) is 20.4. The van der Waals surface area contributed by atoms with Crippen LogP contribution in [0.3, 0.4) is 0 Å². The minimum absolute atomic E-state index is 0.0572. The number of carboxylic acid groups (broad SMARTS) is 2. The van der Waals surface area contributed by atoms with Crippen molar-refractivity contribution in [2.45, 2.75) is 19.9 Å². The van der Waals surface area contributed by atoms with Gasteiger partial charge in [0, 0.05) is 23.2 Å². The molecule has 0 spiro atoms. The summed E-state index contributed by atoms with van der Waals surface area (Å²) in [6.07, 6.45) is 2.05. The zero-order valence-electron chi connectivity index (χ0n) is 15.0. The molecule has 2 rings (SSSR count). The zero-order valence-corrected chi connectivity index (χ0v) is 15.7. The Morgan fingerprint density at radius 1 is 1.11 bits per heavy atom. The van der Waals surface area contributed by atoms with Crippen LogP contribution >= 0.6 is 11.6 Å². The van der Waals surface area contributed by atoms with Crippen LogP contribution in [0.15, 0.2) is 66.8 Å². The molecule has 0 fully saturated rings. The molecule has 0 radical (unpaired) electrons. The van der Waals surface area contributed by atoms with E-state index in [4.69, 9.17) is 27.5 Å². The summed E-state index contributed by atoms with van der Waals surface area (Å²) in [5.74, 6) is -2.49. The smallest absolute Gasteiger partial charge is 0.332 e. The van der Waals surface area contributed by atoms with Gasteiger partial charge in [0.05, 0.1) is 0 Å². The largest absolute Gasteiger partial charge is 0.478 e. The Bertz CT molecular complexity index is 859. The van der Waals surface area contributed by atoms with Gasteiger partial charge in [-0.15, -0.1) is 6.58 Å². The van der Waals surface area contributed by atoms with E-state index in [1.807, 2.05) is 31.2 Å². The van der Waals surface area contributed by atoms with Crippen LogP contribution in [-0.2, 0) is 16.1 Å². The summed E-state index contributed by atoms with van der Waals surface area (Å²) in [5, 5.41) is 17.4. The van der Waals surface area contributed by atoms with Crippen LogP contribution in [0.5, 0.6) is 0 Å². The number of halogens is 1. The van der Waals surface area contributed by atoms with Crippen molar-refractivity contribution in [1.29, 1.82) is 0 Å². The van der Waals surface area contributed by atoms with E-state index in [9.17, 15) is 9.59 Å². The van der Waals surface area contributed by atoms with E-state index in [0.29, 0.717) is 12.6 Å². The summed E-state index contributed by atoms with van der Waals surface area (Å²) in [7, 11) is 0. The fraction of sp³-hybridized carbons (Fsp3) is 0.143. The second-order valence-corrected chi connectivity index (χ2v) is 5.99. The first-order chi connectivity index (χ1) is 12.8. The van der Waals surface area contributed by atoms with Crippen molar-refractivity contribution in [1.82, 2.24) is 0 Å². The second kappa shape index (κ2) is 11.0. The number of hydrogen-bond acceptors (Lipinski definition) is 3. The maximum absolute atomic E-state index is 10.2. The molecule has 0 bridgehead atoms. The number of nitrogens with two attached hydrogens (primary N) is 1. The molecule has 0 aliphatic rings. The van der Waals surface area contributed by atoms with Gasteiger partial charge in [-0.05, 0) is 41.7 Å². The molecular formula is C21H22ClNO4. The summed E-state index contributed by atoms with van der Waals surface area (Å²) in [6.45, 7) is 5.87. The molecule has 0 saturated carbocycles. The second-order valence-electron chi connectivity index (χ2n) is 5.58. The van der Waals surface area contributed by atoms with Crippen LogP contribution in [0.2, 0.25) is 5.02 Å². The topological polar surface area (TPSA) is 101 Å². The van der Waals surface area contributed by atoms with Crippen LogP contribution < -0.4 is 5.73 Å². The number of carbonyl (C=O) groups is 2. The fourth-order valence-corrected chi connectivity index (χ4v) is 2.55. The van der Waals surface area contributed by atoms with Crippen LogP contribution in [0.1, 0.15) is 17.5 Å². The SMILES string of the molecule is C=CC/C(=C\C(=O)O)C(=O)O.Cc1c(Cl)cccc1-c1ccccc1CN. The highest BCUT2D eigenvalue weighted by atomic mass is 35.5. The molecule has 0 atom stereocenters. The summed E-state index contributed by atoms with van der Waals surface area (Å²) >= 11 is 6.13. The minimum Gasteiger partial charge on any atom is -0.478 e. The lowest BCUT2D eigenvalue weighted by atomic mass is 9.96. The van der Waals surface area contributed by atoms with Crippen LogP contribution in [0.25, 0.3) is 11.1 Å². The molecule has 0 aliphatic heterocycles. The van der Waals surface area contributed by atoms with Gasteiger partial charge in [-0.2, -0.15) is 0 Å². The molecule has 0 amide bonds. The molecule has 142 valence electrons. The number of allylic oxidation sites excluding steroid dienone is 1. The van der Waals surface area contributed by atoms with Gasteiger partial charge in [-0.3, -0.25) is 0 Å². The number of aliphatic carboxylic acids is 2. The third kappa shape index (κ3) is 6.73. The van der Waals surface area contributed by atoms with Gasteiger partial charge < -0.3 is 15.9 Å². The Kier molecular flexibility index (Phi) is 8.99. The number of rotatable bonds is 6. The van der Waals surface area contributed by atoms with Gasteiger partial charge in [-0.25, -0.2) is 9.59 Å². The van der Waals surface area contributed by atoms with Gasteiger partial charge in [0.15, 0.2) is 0 Å². The molecular weight excluding hydrogens is 366 g/mol. The lowest BCUT2D eigenvalue weighted by molar-refractivity contribution is -0.135. The van der Waals surface area contributed by atoms with E-state index in [2.05, 4.69) is 24.8 Å². The summed E-state index contributed by atoms with van der Waals surface area (Å²) < 4.78 is 0. The molecule has 2 aromatic carbocycles. The lowest BCUT2D eigenvalue weighted by Gasteiger charge is -2.11. The van der Waals surface area contributed by atoms with Crippen molar-refractivity contribution < 1.29 is 19.8 Å². The van der Waals surface area contributed by atoms with Gasteiger partial charge in [-0.1, -0.05) is 54.1 Å². The van der Waals surface area contributed by atoms with Gasteiger partial charge in [0.1, 0.15) is 0 Å². The molecule has 0 heterocycles. The maximum atomic E-state index is 10.2. The van der Waals surface area contributed by atoms with Crippen LogP contribution in [0, 0.1) is 6.92 Å². The third-order valence-electron chi connectivity index (χ3n) is 3.73. The first-order valence-corrected chi connectivity index (χ1v) is 8.50. The highest BCUT2D eigenvalue weighted by Crippen LogP contribution is 2.30. The summed E-state index contributed by atoms with van der Waals surface area (Å²) in [6, 6.07) is 14.1. The maximum Gasteiger partial charge on any atom is 0.332 e. The standard InChI is InChI=1S/C14H14ClN.C7H8O4/c1-10-12(7-4-8-14(10)15)13-6-3-2-5-11(13)9-16;1-2-3-5(7(10)11)4-6(8)9/h2-8H,9,16H2,1H3;2,4H,1,3H2,(H,8,9)(H,10,11)/b;5-4+. The van der Waals surface area contributed by atoms with Gasteiger partial charge >= 0.3 is 11.9 Å². The monoisotopic (exact) mass is 387 g/mol. The van der Waals surface area contributed by atoms with Crippen molar-refractivity contribution in [2.75, 3.05) is 0 Å². The van der Waals surface area contributed by atoms with E-state index in [-0.39, 0.29) is 12.0 Å². The molecule has 0 unspecified atom stereocenters. The predicted molar refractivity (Wildman–Crippen MR) is 108 cm³/mol. The van der Waals surface area contributed by atoms with Gasteiger partial charge in [0.25, 0.3) is 0 Å². The average Bonchev–Trinajstić information content (AvgIpc) is 2.64. The van der Waals surface area contributed by atoms with E-state index in [0.717, 1.165) is 21.7 Å². The molecule has 0 aromatic heterocycles. The first kappa shape index (κ1) is 22.2.